The summed E-state index contributed by atoms with van der Waals surface area (Å²) in [4.78, 5) is 18.4. The van der Waals surface area contributed by atoms with Crippen molar-refractivity contribution in [2.45, 2.75) is 57.4 Å². The van der Waals surface area contributed by atoms with Crippen molar-refractivity contribution in [3.8, 4) is 5.75 Å². The number of alkyl halides is 3. The second-order valence-electron chi connectivity index (χ2n) is 10.3. The number of hydrogen-bond acceptors (Lipinski definition) is 6. The number of aromatic nitrogens is 1. The van der Waals surface area contributed by atoms with Crippen LogP contribution in [-0.2, 0) is 11.2 Å². The van der Waals surface area contributed by atoms with Gasteiger partial charge in [0.15, 0.2) is 23.1 Å². The number of nitrogens with one attached hydrogen (secondary N) is 1. The van der Waals surface area contributed by atoms with Gasteiger partial charge in [-0.3, -0.25) is 4.79 Å². The monoisotopic (exact) mass is 515 g/mol. The van der Waals surface area contributed by atoms with Crippen LogP contribution in [0, 0.1) is 23.5 Å². The number of carbonyl (C=O) groups is 1. The largest absolute Gasteiger partial charge is 0.484 e. The number of anilines is 2. The Morgan fingerprint density at radius 3 is 2.47 bits per heavy atom. The number of carbonyl (C=O) groups excluding carboxylic acids is 1. The van der Waals surface area contributed by atoms with E-state index in [1.54, 1.807) is 18.7 Å². The molecule has 2 aliphatic carbocycles. The first-order chi connectivity index (χ1) is 16.9. The second kappa shape index (κ2) is 8.89. The Bertz CT molecular complexity index is 1130. The van der Waals surface area contributed by atoms with Gasteiger partial charge in [0.1, 0.15) is 12.2 Å². The lowest BCUT2D eigenvalue weighted by molar-refractivity contribution is -0.130. The summed E-state index contributed by atoms with van der Waals surface area (Å²) >= 11 is 0. The maximum absolute atomic E-state index is 14.6. The van der Waals surface area contributed by atoms with Crippen LogP contribution in [0.2, 0.25) is 0 Å². The number of hydrogen-bond donors (Lipinski definition) is 1. The molecule has 2 unspecified atom stereocenters. The lowest BCUT2D eigenvalue weighted by atomic mass is 10.1. The van der Waals surface area contributed by atoms with E-state index in [1.165, 1.54) is 0 Å². The van der Waals surface area contributed by atoms with E-state index in [0.717, 1.165) is 31.4 Å². The number of rotatable bonds is 6. The highest BCUT2D eigenvalue weighted by molar-refractivity contribution is 6.03. The van der Waals surface area contributed by atoms with Crippen LogP contribution in [0.25, 0.3) is 0 Å². The normalized spacial score (nSPS) is 25.0. The Kier molecular flexibility index (Phi) is 6.12. The van der Waals surface area contributed by atoms with Crippen molar-refractivity contribution in [1.29, 1.82) is 0 Å². The summed E-state index contributed by atoms with van der Waals surface area (Å²) < 4.78 is 85.2. The van der Waals surface area contributed by atoms with Crippen molar-refractivity contribution < 1.29 is 40.6 Å². The highest BCUT2D eigenvalue weighted by Crippen LogP contribution is 2.52. The highest BCUT2D eigenvalue weighted by Gasteiger charge is 2.47. The molecular weight excluding hydrogens is 489 g/mol. The van der Waals surface area contributed by atoms with Gasteiger partial charge in [-0.25, -0.2) is 8.78 Å². The number of fused-ring (bicyclic) bond motifs is 1. The van der Waals surface area contributed by atoms with E-state index in [1.807, 2.05) is 0 Å². The van der Waals surface area contributed by atoms with Crippen molar-refractivity contribution in [3.05, 3.63) is 35.2 Å². The van der Waals surface area contributed by atoms with Crippen molar-refractivity contribution in [2.24, 2.45) is 11.8 Å². The Labute approximate surface area is 203 Å². The Balaban J connectivity index is 1.35. The van der Waals surface area contributed by atoms with Crippen LogP contribution in [0.1, 0.15) is 49.4 Å². The molecule has 2 heterocycles. The minimum Gasteiger partial charge on any atom is -0.484 e. The molecule has 3 aliphatic rings. The standard InChI is InChI=1S/C24H26F5N3O4/c1-23(2)11-32(3-4-34-23)22-31-19(18(36-22)10-24(27,28)29)21(33)30-14-8-16(25)20(17(26)9-14)35-15-6-12-5-13(12)7-15/h8-9,12-13,15H,3-7,10-11H2,1-2H3,(H,30,33). The minimum atomic E-state index is -4.67. The quantitative estimate of drug-likeness (QED) is 0.540. The summed E-state index contributed by atoms with van der Waals surface area (Å²) in [5, 5.41) is 2.23. The number of nitrogens with zero attached hydrogens (tertiary/aromatic N) is 2. The van der Waals surface area contributed by atoms with Crippen molar-refractivity contribution in [3.63, 3.8) is 0 Å². The van der Waals surface area contributed by atoms with Crippen LogP contribution in [0.5, 0.6) is 5.75 Å². The van der Waals surface area contributed by atoms with Crippen LogP contribution < -0.4 is 15.0 Å². The van der Waals surface area contributed by atoms with Gasteiger partial charge in [0, 0.05) is 24.4 Å². The molecule has 12 heteroatoms. The lowest BCUT2D eigenvalue weighted by Crippen LogP contribution is -2.48. The number of benzene rings is 1. The van der Waals surface area contributed by atoms with Gasteiger partial charge in [-0.05, 0) is 44.9 Å². The molecule has 1 aromatic carbocycles. The summed E-state index contributed by atoms with van der Waals surface area (Å²) in [6.45, 7) is 4.48. The maximum Gasteiger partial charge on any atom is 0.396 e. The molecule has 1 aromatic heterocycles. The zero-order valence-corrected chi connectivity index (χ0v) is 19.8. The van der Waals surface area contributed by atoms with Crippen LogP contribution >= 0.6 is 0 Å². The molecule has 1 amide bonds. The summed E-state index contributed by atoms with van der Waals surface area (Å²) in [6.07, 6.45) is -3.85. The third-order valence-corrected chi connectivity index (χ3v) is 6.70. The van der Waals surface area contributed by atoms with Crippen LogP contribution in [0.3, 0.4) is 0 Å². The molecule has 7 nitrogen and oxygen atoms in total. The average Bonchev–Trinajstić information content (AvgIpc) is 3.16. The van der Waals surface area contributed by atoms with Crippen LogP contribution in [0.15, 0.2) is 16.5 Å². The van der Waals surface area contributed by atoms with Crippen molar-refractivity contribution in [2.75, 3.05) is 29.9 Å². The number of oxazole rings is 1. The zero-order valence-electron chi connectivity index (χ0n) is 19.8. The van der Waals surface area contributed by atoms with Gasteiger partial charge in [-0.1, -0.05) is 0 Å². The van der Waals surface area contributed by atoms with Gasteiger partial charge < -0.3 is 24.1 Å². The molecule has 2 atom stereocenters. The average molecular weight is 515 g/mol. The summed E-state index contributed by atoms with van der Waals surface area (Å²) in [7, 11) is 0. The van der Waals surface area contributed by atoms with Gasteiger partial charge in [-0.15, -0.1) is 0 Å². The first-order valence-electron chi connectivity index (χ1n) is 11.8. The smallest absolute Gasteiger partial charge is 0.396 e. The first kappa shape index (κ1) is 24.8. The van der Waals surface area contributed by atoms with Gasteiger partial charge in [0.25, 0.3) is 11.9 Å². The number of halogens is 5. The molecule has 1 saturated heterocycles. The molecule has 5 rings (SSSR count). The zero-order chi connectivity index (χ0) is 25.8. The molecule has 36 heavy (non-hydrogen) atoms. The number of morpholine rings is 1. The predicted octanol–water partition coefficient (Wildman–Crippen LogP) is 5.10. The fourth-order valence-electron chi connectivity index (χ4n) is 4.99. The molecule has 2 aromatic rings. The molecular formula is C24H26F5N3O4. The van der Waals surface area contributed by atoms with E-state index < -0.39 is 52.9 Å². The third kappa shape index (κ3) is 5.42. The highest BCUT2D eigenvalue weighted by atomic mass is 19.4. The molecule has 0 radical (unpaired) electrons. The molecule has 1 N–H and O–H groups in total. The van der Waals surface area contributed by atoms with Crippen LogP contribution in [-0.4, -0.2) is 48.5 Å². The predicted molar refractivity (Wildman–Crippen MR) is 118 cm³/mol. The van der Waals surface area contributed by atoms with Gasteiger partial charge in [0.05, 0.1) is 24.9 Å². The van der Waals surface area contributed by atoms with E-state index in [0.29, 0.717) is 25.0 Å². The second-order valence-corrected chi connectivity index (χ2v) is 10.3. The molecule has 3 fully saturated rings. The van der Waals surface area contributed by atoms with Crippen molar-refractivity contribution in [1.82, 2.24) is 4.98 Å². The third-order valence-electron chi connectivity index (χ3n) is 6.70. The van der Waals surface area contributed by atoms with E-state index in [2.05, 4.69) is 10.3 Å². The molecule has 0 bridgehead atoms. The summed E-state index contributed by atoms with van der Waals surface area (Å²) in [5.41, 5.74) is -1.50. The topological polar surface area (TPSA) is 76.8 Å². The maximum atomic E-state index is 14.6. The number of amides is 1. The summed E-state index contributed by atoms with van der Waals surface area (Å²) in [5.74, 6) is -3.23. The van der Waals surface area contributed by atoms with Gasteiger partial charge >= 0.3 is 6.18 Å². The minimum absolute atomic E-state index is 0.161. The van der Waals surface area contributed by atoms with E-state index in [4.69, 9.17) is 13.9 Å². The number of ether oxygens (including phenoxy) is 2. The lowest BCUT2D eigenvalue weighted by Gasteiger charge is -2.37. The van der Waals surface area contributed by atoms with Gasteiger partial charge in [0.2, 0.25) is 0 Å². The molecule has 1 aliphatic heterocycles. The Hall–Kier alpha value is -2.89. The molecule has 196 valence electrons. The van der Waals surface area contributed by atoms with E-state index in [-0.39, 0.29) is 24.4 Å². The van der Waals surface area contributed by atoms with E-state index in [9.17, 15) is 26.7 Å². The molecule has 0 spiro atoms. The Morgan fingerprint density at radius 2 is 1.86 bits per heavy atom. The summed E-state index contributed by atoms with van der Waals surface area (Å²) in [6, 6.07) is 1.56. The fourth-order valence-corrected chi connectivity index (χ4v) is 4.99. The SMILES string of the molecule is CC1(C)CN(c2nc(C(=O)Nc3cc(F)c(OC4CC5CC5C4)c(F)c3)c(CC(F)(F)F)o2)CCO1. The van der Waals surface area contributed by atoms with Crippen LogP contribution in [0.4, 0.5) is 33.7 Å². The Morgan fingerprint density at radius 1 is 1.19 bits per heavy atom. The fraction of sp³-hybridized carbons (Fsp3) is 0.583. The molecule has 2 saturated carbocycles. The van der Waals surface area contributed by atoms with E-state index >= 15 is 0 Å². The van der Waals surface area contributed by atoms with Gasteiger partial charge in [-0.2, -0.15) is 18.2 Å². The van der Waals surface area contributed by atoms with Crippen molar-refractivity contribution >= 4 is 17.6 Å². The first-order valence-corrected chi connectivity index (χ1v) is 11.8.